The maximum Gasteiger partial charge on any atom is 0.310 e. The van der Waals surface area contributed by atoms with Gasteiger partial charge in [-0.05, 0) is 43.5 Å². The van der Waals surface area contributed by atoms with E-state index in [0.29, 0.717) is 24.8 Å². The highest BCUT2D eigenvalue weighted by molar-refractivity contribution is 5.94. The first-order chi connectivity index (χ1) is 19.4. The summed E-state index contributed by atoms with van der Waals surface area (Å²) in [5, 5.41) is 8.24. The summed E-state index contributed by atoms with van der Waals surface area (Å²) in [6.45, 7) is 0.472. The number of hydrogen-bond acceptors (Lipinski definition) is 8. The molecule has 11 heteroatoms. The van der Waals surface area contributed by atoms with Crippen molar-refractivity contribution in [2.45, 2.75) is 57.1 Å². The molecule has 3 amide bonds. The predicted molar refractivity (Wildman–Crippen MR) is 145 cm³/mol. The van der Waals surface area contributed by atoms with Crippen molar-refractivity contribution >= 4 is 30.0 Å². The van der Waals surface area contributed by atoms with E-state index in [1.165, 1.54) is 0 Å². The van der Waals surface area contributed by atoms with Crippen LogP contribution in [0.2, 0.25) is 0 Å². The summed E-state index contributed by atoms with van der Waals surface area (Å²) in [6.07, 6.45) is 0.659. The summed E-state index contributed by atoms with van der Waals surface area (Å²) < 4.78 is 11.0. The Morgan fingerprint density at radius 1 is 1.02 bits per heavy atom. The number of benzene rings is 2. The molecule has 0 aromatic heterocycles. The molecule has 5 N–H and O–H groups in total. The van der Waals surface area contributed by atoms with E-state index in [1.807, 2.05) is 30.3 Å². The minimum absolute atomic E-state index is 0.0149. The molecule has 0 aliphatic carbocycles. The van der Waals surface area contributed by atoms with Gasteiger partial charge in [-0.2, -0.15) is 0 Å². The van der Waals surface area contributed by atoms with Crippen molar-refractivity contribution in [2.75, 3.05) is 13.1 Å². The third-order valence-electron chi connectivity index (χ3n) is 6.43. The Morgan fingerprint density at radius 2 is 1.73 bits per heavy atom. The van der Waals surface area contributed by atoms with Crippen LogP contribution in [0.3, 0.4) is 0 Å². The highest BCUT2D eigenvalue weighted by atomic mass is 16.7. The van der Waals surface area contributed by atoms with Gasteiger partial charge in [0.1, 0.15) is 18.4 Å². The van der Waals surface area contributed by atoms with Crippen LogP contribution in [-0.4, -0.2) is 61.4 Å². The molecule has 40 heavy (non-hydrogen) atoms. The van der Waals surface area contributed by atoms with E-state index in [9.17, 15) is 24.0 Å². The number of aldehydes is 1. The number of nitrogens with two attached hydrogens (primary N) is 1. The van der Waals surface area contributed by atoms with Gasteiger partial charge < -0.3 is 36.0 Å². The minimum Gasteiger partial charge on any atom is -0.433 e. The van der Waals surface area contributed by atoms with Gasteiger partial charge in [0.05, 0.1) is 18.9 Å². The number of cyclic esters (lactones) is 1. The molecule has 1 heterocycles. The lowest BCUT2D eigenvalue weighted by Crippen LogP contribution is -2.53. The summed E-state index contributed by atoms with van der Waals surface area (Å²) >= 11 is 0. The van der Waals surface area contributed by atoms with Crippen LogP contribution in [0.1, 0.15) is 48.0 Å². The topological polar surface area (TPSA) is 166 Å². The SMILES string of the molecule is NCCCC(NC(=O)C(CCC=O)CNC(=O)c1ccccc1)C(=O)NC1CC(=O)OC1OCc1ccccc1. The molecule has 0 spiro atoms. The van der Waals surface area contributed by atoms with Crippen molar-refractivity contribution in [3.05, 3.63) is 71.8 Å². The molecule has 214 valence electrons. The standard InChI is InChI=1S/C29H36N4O7/c30-15-7-14-23(28(38)33-24-17-25(35)40-29(24)39-19-20-9-3-1-4-10-20)32-27(37)22(13-8-16-34)18-31-26(36)21-11-5-2-6-12-21/h1-6,9-12,16,22-24,29H,7-8,13-15,17-19,30H2,(H,31,36)(H,32,37)(H,33,38). The van der Waals surface area contributed by atoms with Gasteiger partial charge in [-0.25, -0.2) is 0 Å². The Morgan fingerprint density at radius 3 is 2.40 bits per heavy atom. The van der Waals surface area contributed by atoms with Gasteiger partial charge in [-0.3, -0.25) is 19.2 Å². The number of hydrogen-bond donors (Lipinski definition) is 4. The average molecular weight is 553 g/mol. The van der Waals surface area contributed by atoms with E-state index in [-0.39, 0.29) is 44.7 Å². The molecule has 1 saturated heterocycles. The molecule has 1 aliphatic rings. The zero-order valence-corrected chi connectivity index (χ0v) is 22.3. The van der Waals surface area contributed by atoms with E-state index in [2.05, 4.69) is 16.0 Å². The molecular weight excluding hydrogens is 516 g/mol. The molecule has 4 unspecified atom stereocenters. The van der Waals surface area contributed by atoms with Gasteiger partial charge in [-0.1, -0.05) is 48.5 Å². The Bertz CT molecular complexity index is 1130. The lowest BCUT2D eigenvalue weighted by molar-refractivity contribution is -0.168. The van der Waals surface area contributed by atoms with Crippen LogP contribution in [0, 0.1) is 5.92 Å². The largest absolute Gasteiger partial charge is 0.433 e. The zero-order chi connectivity index (χ0) is 28.7. The molecule has 1 aliphatic heterocycles. The van der Waals surface area contributed by atoms with Crippen LogP contribution in [0.4, 0.5) is 0 Å². The summed E-state index contributed by atoms with van der Waals surface area (Å²) in [4.78, 5) is 61.9. The molecule has 0 bridgehead atoms. The Kier molecular flexibility index (Phi) is 12.3. The first-order valence-electron chi connectivity index (χ1n) is 13.3. The lowest BCUT2D eigenvalue weighted by Gasteiger charge is -2.25. The quantitative estimate of drug-likeness (QED) is 0.178. The van der Waals surface area contributed by atoms with E-state index in [1.54, 1.807) is 30.3 Å². The van der Waals surface area contributed by atoms with Gasteiger partial charge in [-0.15, -0.1) is 0 Å². The van der Waals surface area contributed by atoms with Crippen molar-refractivity contribution in [1.29, 1.82) is 0 Å². The van der Waals surface area contributed by atoms with Gasteiger partial charge in [0, 0.05) is 18.5 Å². The zero-order valence-electron chi connectivity index (χ0n) is 22.3. The number of nitrogens with one attached hydrogen (secondary N) is 3. The lowest BCUT2D eigenvalue weighted by atomic mass is 10.0. The third-order valence-corrected chi connectivity index (χ3v) is 6.43. The fourth-order valence-electron chi connectivity index (χ4n) is 4.22. The summed E-state index contributed by atoms with van der Waals surface area (Å²) in [7, 11) is 0. The van der Waals surface area contributed by atoms with Crippen LogP contribution >= 0.6 is 0 Å². The molecule has 1 fully saturated rings. The highest BCUT2D eigenvalue weighted by Crippen LogP contribution is 2.19. The van der Waals surface area contributed by atoms with Gasteiger partial charge in [0.25, 0.3) is 5.91 Å². The number of carbonyl (C=O) groups is 5. The Labute approximate surface area is 233 Å². The summed E-state index contributed by atoms with van der Waals surface area (Å²) in [5.74, 6) is -2.60. The van der Waals surface area contributed by atoms with Crippen LogP contribution in [0.25, 0.3) is 0 Å². The van der Waals surface area contributed by atoms with Gasteiger partial charge in [0.2, 0.25) is 18.1 Å². The third kappa shape index (κ3) is 9.58. The first kappa shape index (κ1) is 30.5. The summed E-state index contributed by atoms with van der Waals surface area (Å²) in [6, 6.07) is 16.2. The average Bonchev–Trinajstić information content (AvgIpc) is 3.33. The molecule has 11 nitrogen and oxygen atoms in total. The van der Waals surface area contributed by atoms with Crippen molar-refractivity contribution in [2.24, 2.45) is 11.7 Å². The fourth-order valence-corrected chi connectivity index (χ4v) is 4.22. The number of carbonyl (C=O) groups excluding carboxylic acids is 5. The second-order valence-corrected chi connectivity index (χ2v) is 9.48. The van der Waals surface area contributed by atoms with Gasteiger partial charge >= 0.3 is 5.97 Å². The van der Waals surface area contributed by atoms with Crippen molar-refractivity contribution < 1.29 is 33.4 Å². The Balaban J connectivity index is 1.62. The molecule has 2 aromatic rings. The van der Waals surface area contributed by atoms with Gasteiger partial charge in [0.15, 0.2) is 0 Å². The maximum absolute atomic E-state index is 13.2. The smallest absolute Gasteiger partial charge is 0.310 e. The van der Waals surface area contributed by atoms with Crippen LogP contribution < -0.4 is 21.7 Å². The number of amides is 3. The number of esters is 1. The van der Waals surface area contributed by atoms with E-state index >= 15 is 0 Å². The summed E-state index contributed by atoms with van der Waals surface area (Å²) in [5.41, 5.74) is 6.97. The second-order valence-electron chi connectivity index (χ2n) is 9.48. The number of rotatable bonds is 16. The molecule has 3 rings (SSSR count). The predicted octanol–water partition coefficient (Wildman–Crippen LogP) is 1.21. The van der Waals surface area contributed by atoms with Crippen LogP contribution in [0.5, 0.6) is 0 Å². The number of ether oxygens (including phenoxy) is 2. The Hall–Kier alpha value is -4.09. The molecular formula is C29H36N4O7. The minimum atomic E-state index is -0.976. The second kappa shape index (κ2) is 16.1. The van der Waals surface area contributed by atoms with Crippen molar-refractivity contribution in [3.8, 4) is 0 Å². The monoisotopic (exact) mass is 552 g/mol. The van der Waals surface area contributed by atoms with Crippen molar-refractivity contribution in [3.63, 3.8) is 0 Å². The normalized spacial score (nSPS) is 17.8. The molecule has 0 radical (unpaired) electrons. The van der Waals surface area contributed by atoms with E-state index in [0.717, 1.165) is 5.56 Å². The molecule has 2 aromatic carbocycles. The molecule has 4 atom stereocenters. The first-order valence-corrected chi connectivity index (χ1v) is 13.3. The van der Waals surface area contributed by atoms with Crippen LogP contribution in [-0.2, 0) is 35.3 Å². The highest BCUT2D eigenvalue weighted by Gasteiger charge is 2.38. The van der Waals surface area contributed by atoms with E-state index < -0.39 is 42.1 Å². The fraction of sp³-hybridized carbons (Fsp3) is 0.414. The van der Waals surface area contributed by atoms with E-state index in [4.69, 9.17) is 15.2 Å². The molecule has 0 saturated carbocycles. The maximum atomic E-state index is 13.2. The van der Waals surface area contributed by atoms with Crippen molar-refractivity contribution in [1.82, 2.24) is 16.0 Å². The van der Waals surface area contributed by atoms with Crippen LogP contribution in [0.15, 0.2) is 60.7 Å².